The summed E-state index contributed by atoms with van der Waals surface area (Å²) in [5, 5.41) is 8.17. The van der Waals surface area contributed by atoms with E-state index in [2.05, 4.69) is 4.74 Å². The molecule has 0 aliphatic carbocycles. The predicted molar refractivity (Wildman–Crippen MR) is 45.9 cm³/mol. The summed E-state index contributed by atoms with van der Waals surface area (Å²) in [5.74, 6) is -0.245. The number of hydrogen-bond acceptors (Lipinski definition) is 4. The molecule has 0 rings (SSSR count). The molecule has 0 aliphatic rings. The molecule has 0 bridgehead atoms. The molecule has 12 heavy (non-hydrogen) atoms. The Morgan fingerprint density at radius 3 is 2.17 bits per heavy atom. The van der Waals surface area contributed by atoms with E-state index in [1.165, 1.54) is 14.0 Å². The molecular weight excluding hydrogens is 160 g/mol. The summed E-state index contributed by atoms with van der Waals surface area (Å²) in [6, 6.07) is 0. The first kappa shape index (κ1) is 13.9. The standard InChI is InChI=1S/C5H12O2.C3H6O2/c1-2-4-7-5-3-6;1-3(4)5-2/h6H,2-5H2,1H3;1-2H3. The van der Waals surface area contributed by atoms with E-state index in [4.69, 9.17) is 9.84 Å². The van der Waals surface area contributed by atoms with Gasteiger partial charge in [0.2, 0.25) is 0 Å². The molecule has 0 atom stereocenters. The number of carbonyl (C=O) groups is 1. The Bertz CT molecular complexity index is 89.1. The van der Waals surface area contributed by atoms with Crippen LogP contribution in [0.3, 0.4) is 0 Å². The molecule has 4 heteroatoms. The van der Waals surface area contributed by atoms with Gasteiger partial charge < -0.3 is 14.6 Å². The molecule has 74 valence electrons. The lowest BCUT2D eigenvalue weighted by atomic mass is 10.5. The molecule has 4 nitrogen and oxygen atoms in total. The lowest BCUT2D eigenvalue weighted by Gasteiger charge is -1.94. The summed E-state index contributed by atoms with van der Waals surface area (Å²) in [5.41, 5.74) is 0. The highest BCUT2D eigenvalue weighted by atomic mass is 16.5. The van der Waals surface area contributed by atoms with Crippen LogP contribution in [0.4, 0.5) is 0 Å². The Morgan fingerprint density at radius 2 is 1.92 bits per heavy atom. The first-order valence-corrected chi connectivity index (χ1v) is 3.92. The van der Waals surface area contributed by atoms with Gasteiger partial charge in [-0.25, -0.2) is 0 Å². The molecule has 0 saturated carbocycles. The van der Waals surface area contributed by atoms with Crippen LogP contribution in [0.15, 0.2) is 0 Å². The van der Waals surface area contributed by atoms with E-state index in [-0.39, 0.29) is 12.6 Å². The topological polar surface area (TPSA) is 55.8 Å². The lowest BCUT2D eigenvalue weighted by Crippen LogP contribution is -1.98. The van der Waals surface area contributed by atoms with Gasteiger partial charge in [0.15, 0.2) is 0 Å². The SMILES string of the molecule is CCCOCCO.COC(C)=O. The molecule has 0 radical (unpaired) electrons. The molecule has 0 heterocycles. The average Bonchev–Trinajstić information content (AvgIpc) is 2.07. The molecule has 0 unspecified atom stereocenters. The molecule has 0 fully saturated rings. The van der Waals surface area contributed by atoms with Crippen molar-refractivity contribution in [3.63, 3.8) is 0 Å². The maximum atomic E-state index is 9.59. The van der Waals surface area contributed by atoms with Crippen LogP contribution in [-0.2, 0) is 14.3 Å². The highest BCUT2D eigenvalue weighted by molar-refractivity contribution is 5.65. The summed E-state index contributed by atoms with van der Waals surface area (Å²) >= 11 is 0. The number of carbonyl (C=O) groups excluding carboxylic acids is 1. The van der Waals surface area contributed by atoms with E-state index in [9.17, 15) is 4.79 Å². The highest BCUT2D eigenvalue weighted by Crippen LogP contribution is 1.76. The molecule has 0 aromatic heterocycles. The molecule has 0 spiro atoms. The lowest BCUT2D eigenvalue weighted by molar-refractivity contribution is -0.137. The van der Waals surface area contributed by atoms with Crippen LogP contribution in [0.2, 0.25) is 0 Å². The van der Waals surface area contributed by atoms with Crippen LogP contribution in [0.5, 0.6) is 0 Å². The molecule has 0 aromatic carbocycles. The first-order chi connectivity index (χ1) is 5.68. The monoisotopic (exact) mass is 178 g/mol. The van der Waals surface area contributed by atoms with Crippen molar-refractivity contribution in [1.82, 2.24) is 0 Å². The normalized spacial score (nSPS) is 8.33. The van der Waals surface area contributed by atoms with E-state index >= 15 is 0 Å². The Hall–Kier alpha value is -0.610. The van der Waals surface area contributed by atoms with E-state index in [0.717, 1.165) is 13.0 Å². The van der Waals surface area contributed by atoms with Crippen molar-refractivity contribution in [1.29, 1.82) is 0 Å². The number of aliphatic hydroxyl groups is 1. The van der Waals surface area contributed by atoms with Gasteiger partial charge >= 0.3 is 5.97 Å². The number of aliphatic hydroxyl groups excluding tert-OH is 1. The van der Waals surface area contributed by atoms with Gasteiger partial charge in [-0.05, 0) is 6.42 Å². The van der Waals surface area contributed by atoms with Crippen LogP contribution in [-0.4, -0.2) is 38.0 Å². The van der Waals surface area contributed by atoms with E-state index in [1.54, 1.807) is 0 Å². The molecule has 1 N–H and O–H groups in total. The van der Waals surface area contributed by atoms with Gasteiger partial charge in [0.25, 0.3) is 0 Å². The fourth-order valence-corrected chi connectivity index (χ4v) is 0.311. The van der Waals surface area contributed by atoms with Crippen LogP contribution in [0.1, 0.15) is 20.3 Å². The Morgan fingerprint density at radius 1 is 1.42 bits per heavy atom. The van der Waals surface area contributed by atoms with Gasteiger partial charge in [0.1, 0.15) is 0 Å². The summed E-state index contributed by atoms with van der Waals surface area (Å²) < 4.78 is 8.99. The van der Waals surface area contributed by atoms with E-state index < -0.39 is 0 Å². The summed E-state index contributed by atoms with van der Waals surface area (Å²) in [6.45, 7) is 4.78. The molecular formula is C8H18O4. The minimum atomic E-state index is -0.245. The number of ether oxygens (including phenoxy) is 2. The maximum absolute atomic E-state index is 9.59. The Balaban J connectivity index is 0. The molecule has 0 amide bonds. The number of rotatable bonds is 4. The zero-order chi connectivity index (χ0) is 9.82. The quantitative estimate of drug-likeness (QED) is 0.505. The third-order valence-electron chi connectivity index (χ3n) is 0.872. The molecule has 0 aromatic rings. The average molecular weight is 178 g/mol. The van der Waals surface area contributed by atoms with Gasteiger partial charge in [-0.1, -0.05) is 6.92 Å². The Kier molecular flexibility index (Phi) is 15.1. The van der Waals surface area contributed by atoms with E-state index in [0.29, 0.717) is 6.61 Å². The van der Waals surface area contributed by atoms with Gasteiger partial charge in [-0.2, -0.15) is 0 Å². The van der Waals surface area contributed by atoms with Crippen molar-refractivity contribution in [2.45, 2.75) is 20.3 Å². The zero-order valence-electron chi connectivity index (χ0n) is 8.00. The van der Waals surface area contributed by atoms with Gasteiger partial charge in [-0.15, -0.1) is 0 Å². The number of esters is 1. The largest absolute Gasteiger partial charge is 0.469 e. The predicted octanol–water partition coefficient (Wildman–Crippen LogP) is 0.585. The number of methoxy groups -OCH3 is 1. The zero-order valence-corrected chi connectivity index (χ0v) is 8.00. The second-order valence-corrected chi connectivity index (χ2v) is 2.03. The van der Waals surface area contributed by atoms with Crippen molar-refractivity contribution in [2.24, 2.45) is 0 Å². The fraction of sp³-hybridized carbons (Fsp3) is 0.875. The van der Waals surface area contributed by atoms with Crippen LogP contribution >= 0.6 is 0 Å². The minimum Gasteiger partial charge on any atom is -0.469 e. The second-order valence-electron chi connectivity index (χ2n) is 2.03. The first-order valence-electron chi connectivity index (χ1n) is 3.92. The third kappa shape index (κ3) is 22.8. The highest BCUT2D eigenvalue weighted by Gasteiger charge is 1.78. The van der Waals surface area contributed by atoms with Gasteiger partial charge in [0.05, 0.1) is 20.3 Å². The van der Waals surface area contributed by atoms with Crippen LogP contribution in [0.25, 0.3) is 0 Å². The van der Waals surface area contributed by atoms with Crippen LogP contribution in [0, 0.1) is 0 Å². The molecule has 0 aliphatic heterocycles. The third-order valence-corrected chi connectivity index (χ3v) is 0.872. The minimum absolute atomic E-state index is 0.139. The van der Waals surface area contributed by atoms with Crippen molar-refractivity contribution in [3.8, 4) is 0 Å². The number of hydrogen-bond donors (Lipinski definition) is 1. The van der Waals surface area contributed by atoms with E-state index in [1.807, 2.05) is 6.92 Å². The summed E-state index contributed by atoms with van der Waals surface area (Å²) in [7, 11) is 1.35. The smallest absolute Gasteiger partial charge is 0.302 e. The van der Waals surface area contributed by atoms with Crippen molar-refractivity contribution < 1.29 is 19.4 Å². The summed E-state index contributed by atoms with van der Waals surface area (Å²) in [6.07, 6.45) is 1.03. The molecule has 0 saturated heterocycles. The van der Waals surface area contributed by atoms with Crippen LogP contribution < -0.4 is 0 Å². The fourth-order valence-electron chi connectivity index (χ4n) is 0.311. The van der Waals surface area contributed by atoms with Gasteiger partial charge in [0, 0.05) is 13.5 Å². The van der Waals surface area contributed by atoms with Gasteiger partial charge in [-0.3, -0.25) is 4.79 Å². The van der Waals surface area contributed by atoms with Crippen molar-refractivity contribution >= 4 is 5.97 Å². The maximum Gasteiger partial charge on any atom is 0.302 e. The van der Waals surface area contributed by atoms with Crippen molar-refractivity contribution in [3.05, 3.63) is 0 Å². The second kappa shape index (κ2) is 13.0. The summed E-state index contributed by atoms with van der Waals surface area (Å²) in [4.78, 5) is 9.59. The Labute approximate surface area is 73.5 Å². The van der Waals surface area contributed by atoms with Crippen molar-refractivity contribution in [2.75, 3.05) is 26.9 Å².